The Hall–Kier alpha value is -0.840. The fraction of sp³-hybridized carbons (Fsp3) is 0.462. The van der Waals surface area contributed by atoms with Crippen molar-refractivity contribution in [2.24, 2.45) is 0 Å². The minimum Gasteiger partial charge on any atom is -0.336 e. The van der Waals surface area contributed by atoms with Crippen molar-refractivity contribution in [3.63, 3.8) is 0 Å². The molecule has 1 fully saturated rings. The molecule has 1 aliphatic rings. The minimum absolute atomic E-state index is 0.101. The van der Waals surface area contributed by atoms with Gasteiger partial charge in [-0.25, -0.2) is 4.39 Å². The number of alkyl halides is 1. The van der Waals surface area contributed by atoms with Gasteiger partial charge in [-0.05, 0) is 12.1 Å². The molecule has 0 atom stereocenters. The van der Waals surface area contributed by atoms with E-state index in [2.05, 4.69) is 4.90 Å². The van der Waals surface area contributed by atoms with Gasteiger partial charge in [0, 0.05) is 38.6 Å². The number of nitrogens with zero attached hydrogens (tertiary/aromatic N) is 2. The molecule has 1 aromatic rings. The Kier molecular flexibility index (Phi) is 5.02. The van der Waals surface area contributed by atoms with Gasteiger partial charge in [0.05, 0.1) is 10.6 Å². The van der Waals surface area contributed by atoms with Crippen molar-refractivity contribution >= 4 is 29.1 Å². The van der Waals surface area contributed by atoms with Gasteiger partial charge in [0.25, 0.3) is 5.91 Å². The van der Waals surface area contributed by atoms with Crippen molar-refractivity contribution in [1.82, 2.24) is 9.80 Å². The Morgan fingerprint density at radius 2 is 1.95 bits per heavy atom. The lowest BCUT2D eigenvalue weighted by Gasteiger charge is -2.34. The number of carbonyl (C=O) groups is 1. The van der Waals surface area contributed by atoms with Crippen LogP contribution in [0.1, 0.15) is 10.4 Å². The Labute approximate surface area is 121 Å². The fourth-order valence-electron chi connectivity index (χ4n) is 2.13. The molecule has 0 N–H and O–H groups in total. The number of carbonyl (C=O) groups excluding carboxylic acids is 1. The van der Waals surface area contributed by atoms with E-state index in [0.29, 0.717) is 19.0 Å². The predicted octanol–water partition coefficient (Wildman–Crippen LogP) is 2.48. The highest BCUT2D eigenvalue weighted by Gasteiger charge is 2.24. The third-order valence-corrected chi connectivity index (χ3v) is 3.80. The van der Waals surface area contributed by atoms with Gasteiger partial charge in [0.1, 0.15) is 5.82 Å². The van der Waals surface area contributed by atoms with Crippen molar-refractivity contribution in [3.8, 4) is 0 Å². The smallest absolute Gasteiger partial charge is 0.255 e. The zero-order chi connectivity index (χ0) is 13.8. The lowest BCUT2D eigenvalue weighted by molar-refractivity contribution is 0.0644. The van der Waals surface area contributed by atoms with Crippen LogP contribution in [-0.2, 0) is 0 Å². The Bertz CT molecular complexity index is 462. The Morgan fingerprint density at radius 1 is 1.26 bits per heavy atom. The summed E-state index contributed by atoms with van der Waals surface area (Å²) in [5.41, 5.74) is 0.229. The number of rotatable bonds is 3. The van der Waals surface area contributed by atoms with E-state index in [1.54, 1.807) is 11.0 Å². The number of halogens is 3. The number of benzene rings is 1. The average molecular weight is 305 g/mol. The van der Waals surface area contributed by atoms with Gasteiger partial charge in [0.15, 0.2) is 0 Å². The summed E-state index contributed by atoms with van der Waals surface area (Å²) in [5.74, 6) is -0.188. The van der Waals surface area contributed by atoms with Gasteiger partial charge in [-0.3, -0.25) is 9.69 Å². The maximum atomic E-state index is 13.3. The zero-order valence-corrected chi connectivity index (χ0v) is 11.9. The first kappa shape index (κ1) is 14.6. The molecule has 0 aromatic heterocycles. The molecular weight excluding hydrogens is 290 g/mol. The molecule has 1 amide bonds. The normalized spacial score (nSPS) is 16.7. The van der Waals surface area contributed by atoms with Crippen LogP contribution in [0.5, 0.6) is 0 Å². The SMILES string of the molecule is O=C(c1cccc(F)c1Cl)N1CCN(CCCl)CC1. The Morgan fingerprint density at radius 3 is 2.58 bits per heavy atom. The van der Waals surface area contributed by atoms with Crippen LogP contribution in [0.25, 0.3) is 0 Å². The van der Waals surface area contributed by atoms with E-state index in [9.17, 15) is 9.18 Å². The number of hydrogen-bond donors (Lipinski definition) is 0. The van der Waals surface area contributed by atoms with Crippen molar-refractivity contribution in [2.75, 3.05) is 38.6 Å². The molecule has 1 aliphatic heterocycles. The highest BCUT2D eigenvalue weighted by Crippen LogP contribution is 2.21. The molecule has 6 heteroatoms. The molecule has 19 heavy (non-hydrogen) atoms. The first-order valence-electron chi connectivity index (χ1n) is 6.15. The summed E-state index contributed by atoms with van der Waals surface area (Å²) in [6.45, 7) is 3.62. The van der Waals surface area contributed by atoms with Crippen LogP contribution in [0.15, 0.2) is 18.2 Å². The standard InChI is InChI=1S/C13H15Cl2FN2O/c14-4-5-17-6-8-18(9-7-17)13(19)10-2-1-3-11(16)12(10)15/h1-3H,4-9H2. The van der Waals surface area contributed by atoms with Gasteiger partial charge in [-0.15, -0.1) is 11.6 Å². The fourth-order valence-corrected chi connectivity index (χ4v) is 2.58. The van der Waals surface area contributed by atoms with Crippen molar-refractivity contribution in [3.05, 3.63) is 34.6 Å². The first-order valence-corrected chi connectivity index (χ1v) is 7.06. The second kappa shape index (κ2) is 6.55. The summed E-state index contributed by atoms with van der Waals surface area (Å²) in [5, 5.41) is -0.101. The van der Waals surface area contributed by atoms with E-state index in [1.165, 1.54) is 12.1 Å². The number of hydrogen-bond acceptors (Lipinski definition) is 2. The summed E-state index contributed by atoms with van der Waals surface area (Å²) in [6, 6.07) is 4.30. The van der Waals surface area contributed by atoms with E-state index in [-0.39, 0.29) is 16.5 Å². The molecule has 3 nitrogen and oxygen atoms in total. The summed E-state index contributed by atoms with van der Waals surface area (Å²) < 4.78 is 13.3. The van der Waals surface area contributed by atoms with Crippen LogP contribution >= 0.6 is 23.2 Å². The van der Waals surface area contributed by atoms with Crippen molar-refractivity contribution < 1.29 is 9.18 Å². The third kappa shape index (κ3) is 3.38. The van der Waals surface area contributed by atoms with Crippen LogP contribution in [-0.4, -0.2) is 54.3 Å². The quantitative estimate of drug-likeness (QED) is 0.801. The van der Waals surface area contributed by atoms with Crippen LogP contribution in [0.4, 0.5) is 4.39 Å². The van der Waals surface area contributed by atoms with Crippen molar-refractivity contribution in [2.45, 2.75) is 0 Å². The van der Waals surface area contributed by atoms with Gasteiger partial charge < -0.3 is 4.90 Å². The molecule has 0 unspecified atom stereocenters. The minimum atomic E-state index is -0.562. The van der Waals surface area contributed by atoms with E-state index in [4.69, 9.17) is 23.2 Å². The van der Waals surface area contributed by atoms with E-state index < -0.39 is 5.82 Å². The van der Waals surface area contributed by atoms with E-state index in [0.717, 1.165) is 19.6 Å². The van der Waals surface area contributed by atoms with Crippen LogP contribution in [0.2, 0.25) is 5.02 Å². The van der Waals surface area contributed by atoms with E-state index >= 15 is 0 Å². The monoisotopic (exact) mass is 304 g/mol. The second-order valence-electron chi connectivity index (χ2n) is 4.42. The highest BCUT2D eigenvalue weighted by molar-refractivity contribution is 6.34. The number of amides is 1. The van der Waals surface area contributed by atoms with E-state index in [1.807, 2.05) is 0 Å². The lowest BCUT2D eigenvalue weighted by Crippen LogP contribution is -2.49. The third-order valence-electron chi connectivity index (χ3n) is 3.24. The molecule has 1 saturated heterocycles. The average Bonchev–Trinajstić information content (AvgIpc) is 2.42. The highest BCUT2D eigenvalue weighted by atomic mass is 35.5. The van der Waals surface area contributed by atoms with Gasteiger partial charge in [-0.1, -0.05) is 17.7 Å². The molecule has 1 heterocycles. The molecule has 0 bridgehead atoms. The summed E-state index contributed by atoms with van der Waals surface area (Å²) >= 11 is 11.5. The molecule has 104 valence electrons. The zero-order valence-electron chi connectivity index (χ0n) is 10.4. The molecule has 0 saturated carbocycles. The maximum absolute atomic E-state index is 13.3. The predicted molar refractivity (Wildman–Crippen MR) is 74.5 cm³/mol. The van der Waals surface area contributed by atoms with Crippen LogP contribution in [0.3, 0.4) is 0 Å². The van der Waals surface area contributed by atoms with Gasteiger partial charge in [-0.2, -0.15) is 0 Å². The summed E-state index contributed by atoms with van der Waals surface area (Å²) in [6.07, 6.45) is 0. The second-order valence-corrected chi connectivity index (χ2v) is 5.18. The molecule has 0 aliphatic carbocycles. The van der Waals surface area contributed by atoms with Crippen molar-refractivity contribution in [1.29, 1.82) is 0 Å². The number of piperazine rings is 1. The lowest BCUT2D eigenvalue weighted by atomic mass is 10.1. The Balaban J connectivity index is 2.03. The molecule has 2 rings (SSSR count). The van der Waals surface area contributed by atoms with Crippen LogP contribution in [0, 0.1) is 5.82 Å². The summed E-state index contributed by atoms with van der Waals surface area (Å²) in [7, 11) is 0. The van der Waals surface area contributed by atoms with Gasteiger partial charge in [0.2, 0.25) is 0 Å². The molecule has 1 aromatic carbocycles. The first-order chi connectivity index (χ1) is 9.13. The molecular formula is C13H15Cl2FN2O. The topological polar surface area (TPSA) is 23.6 Å². The molecule has 0 spiro atoms. The van der Waals surface area contributed by atoms with Gasteiger partial charge >= 0.3 is 0 Å². The summed E-state index contributed by atoms with van der Waals surface area (Å²) in [4.78, 5) is 16.2. The van der Waals surface area contributed by atoms with Crippen LogP contribution < -0.4 is 0 Å². The molecule has 0 radical (unpaired) electrons. The largest absolute Gasteiger partial charge is 0.336 e. The maximum Gasteiger partial charge on any atom is 0.255 e.